The predicted molar refractivity (Wildman–Crippen MR) is 176 cm³/mol. The number of rotatable bonds is 10. The van der Waals surface area contributed by atoms with Crippen LogP contribution in [0.5, 0.6) is 17.2 Å². The molecule has 0 unspecified atom stereocenters. The van der Waals surface area contributed by atoms with Gasteiger partial charge in [0.25, 0.3) is 5.91 Å². The van der Waals surface area contributed by atoms with Crippen molar-refractivity contribution in [2.24, 2.45) is 5.41 Å². The Morgan fingerprint density at radius 3 is 2.20 bits per heavy atom. The van der Waals surface area contributed by atoms with Crippen LogP contribution in [0, 0.1) is 12.3 Å². The third-order valence-corrected chi connectivity index (χ3v) is 7.51. The largest absolute Gasteiger partial charge is 0.494 e. The van der Waals surface area contributed by atoms with Crippen LogP contribution in [0.2, 0.25) is 0 Å². The van der Waals surface area contributed by atoms with Crippen molar-refractivity contribution in [3.63, 3.8) is 0 Å². The molecule has 0 aliphatic carbocycles. The van der Waals surface area contributed by atoms with Gasteiger partial charge in [0.15, 0.2) is 5.82 Å². The van der Waals surface area contributed by atoms with Gasteiger partial charge in [-0.25, -0.2) is 0 Å². The zero-order chi connectivity index (χ0) is 32.2. The minimum absolute atomic E-state index is 0.0676. The molecule has 8 heteroatoms. The Bertz CT molecular complexity index is 1750. The Balaban J connectivity index is 1.29. The second-order valence-corrected chi connectivity index (χ2v) is 13.7. The van der Waals surface area contributed by atoms with Gasteiger partial charge in [-0.15, -0.1) is 0 Å². The molecule has 234 valence electrons. The van der Waals surface area contributed by atoms with E-state index >= 15 is 0 Å². The van der Waals surface area contributed by atoms with Gasteiger partial charge in [-0.1, -0.05) is 71.0 Å². The molecule has 0 bridgehead atoms. The normalized spacial score (nSPS) is 12.6. The zero-order valence-corrected chi connectivity index (χ0v) is 27.2. The van der Waals surface area contributed by atoms with Crippen molar-refractivity contribution in [2.75, 3.05) is 6.61 Å². The number of aryl methyl sites for hydroxylation is 1. The number of aromatic nitrogens is 3. The first-order valence-electron chi connectivity index (χ1n) is 15.3. The minimum Gasteiger partial charge on any atom is -0.494 e. The van der Waals surface area contributed by atoms with Crippen LogP contribution in [-0.4, -0.2) is 27.6 Å². The molecular weight excluding hydrogens is 564 g/mol. The van der Waals surface area contributed by atoms with Crippen molar-refractivity contribution in [3.05, 3.63) is 108 Å². The highest BCUT2D eigenvalue weighted by atomic mass is 16.5. The lowest BCUT2D eigenvalue weighted by molar-refractivity contribution is 0.0923. The Hall–Kier alpha value is -4.72. The number of benzene rings is 3. The van der Waals surface area contributed by atoms with E-state index in [1.165, 1.54) is 5.56 Å². The number of hydrogen-bond donors (Lipinski definition) is 1. The number of pyridine rings is 1. The molecule has 8 nitrogen and oxygen atoms in total. The molecule has 45 heavy (non-hydrogen) atoms. The smallest absolute Gasteiger partial charge is 0.270 e. The first kappa shape index (κ1) is 31.7. The molecular formula is C37H42N4O4. The standard InChI is InChI=1S/C37H42N4O4/c1-24-39-35(45-41-24)33(20-25-8-13-29(14-9-25)43-19-18-36(2,3)4)40-34(42)32-22-27-21-31(15-10-26(27)23-38-32)44-30-16-11-28(12-17-30)37(5,6)7/h8-17,21-23,33H,18-20H2,1-7H3,(H,40,42)/t33-/m0/s1. The molecule has 1 N–H and O–H groups in total. The van der Waals surface area contributed by atoms with Gasteiger partial charge in [-0.3, -0.25) is 9.78 Å². The van der Waals surface area contributed by atoms with E-state index in [1.54, 1.807) is 19.2 Å². The summed E-state index contributed by atoms with van der Waals surface area (Å²) < 4.78 is 17.5. The van der Waals surface area contributed by atoms with Gasteiger partial charge < -0.3 is 19.3 Å². The van der Waals surface area contributed by atoms with Crippen molar-refractivity contribution >= 4 is 16.7 Å². The van der Waals surface area contributed by atoms with Crippen molar-refractivity contribution in [1.29, 1.82) is 0 Å². The molecule has 2 aromatic heterocycles. The summed E-state index contributed by atoms with van der Waals surface area (Å²) in [5.74, 6) is 2.72. The highest BCUT2D eigenvalue weighted by Gasteiger charge is 2.23. The summed E-state index contributed by atoms with van der Waals surface area (Å²) >= 11 is 0. The summed E-state index contributed by atoms with van der Waals surface area (Å²) in [6.45, 7) is 15.5. The van der Waals surface area contributed by atoms with Crippen molar-refractivity contribution in [3.8, 4) is 17.2 Å². The molecule has 0 aliphatic heterocycles. The fraction of sp³-hybridized carbons (Fsp3) is 0.351. The van der Waals surface area contributed by atoms with E-state index in [4.69, 9.17) is 14.0 Å². The number of hydrogen-bond acceptors (Lipinski definition) is 7. The summed E-state index contributed by atoms with van der Waals surface area (Å²) in [4.78, 5) is 22.3. The lowest BCUT2D eigenvalue weighted by atomic mass is 9.87. The van der Waals surface area contributed by atoms with Crippen LogP contribution in [0.15, 0.2) is 83.5 Å². The van der Waals surface area contributed by atoms with Crippen LogP contribution in [0.1, 0.15) is 87.3 Å². The van der Waals surface area contributed by atoms with Crippen LogP contribution < -0.4 is 14.8 Å². The first-order valence-corrected chi connectivity index (χ1v) is 15.3. The fourth-order valence-corrected chi connectivity index (χ4v) is 4.79. The fourth-order valence-electron chi connectivity index (χ4n) is 4.79. The number of nitrogens with zero attached hydrogens (tertiary/aromatic N) is 3. The SMILES string of the molecule is Cc1noc([C@H](Cc2ccc(OCCC(C)(C)C)cc2)NC(=O)c2cc3cc(Oc4ccc(C(C)(C)C)cc4)ccc3cn2)n1. The van der Waals surface area contributed by atoms with Crippen molar-refractivity contribution in [1.82, 2.24) is 20.4 Å². The second-order valence-electron chi connectivity index (χ2n) is 13.7. The maximum atomic E-state index is 13.5. The molecule has 0 spiro atoms. The molecule has 3 aromatic carbocycles. The van der Waals surface area contributed by atoms with Gasteiger partial charge in [0.05, 0.1) is 6.61 Å². The van der Waals surface area contributed by atoms with E-state index in [1.807, 2.05) is 54.6 Å². The number of carbonyl (C=O) groups excluding carboxylic acids is 1. The van der Waals surface area contributed by atoms with Crippen molar-refractivity contribution in [2.45, 2.75) is 72.8 Å². The molecule has 0 saturated heterocycles. The van der Waals surface area contributed by atoms with E-state index in [0.29, 0.717) is 30.5 Å². The van der Waals surface area contributed by atoms with Crippen LogP contribution >= 0.6 is 0 Å². The Labute approximate surface area is 265 Å². The molecule has 1 amide bonds. The number of ether oxygens (including phenoxy) is 2. The quantitative estimate of drug-likeness (QED) is 0.170. The molecule has 1 atom stereocenters. The number of amides is 1. The van der Waals surface area contributed by atoms with E-state index in [0.717, 1.165) is 34.3 Å². The van der Waals surface area contributed by atoms with E-state index in [-0.39, 0.29) is 22.4 Å². The Kier molecular flexibility index (Phi) is 9.23. The summed E-state index contributed by atoms with van der Waals surface area (Å²) in [5.41, 5.74) is 2.78. The highest BCUT2D eigenvalue weighted by Crippen LogP contribution is 2.29. The van der Waals surface area contributed by atoms with E-state index < -0.39 is 6.04 Å². The average Bonchev–Trinajstić information content (AvgIpc) is 3.42. The number of carbonyl (C=O) groups is 1. The topological polar surface area (TPSA) is 99.4 Å². The highest BCUT2D eigenvalue weighted by molar-refractivity contribution is 5.96. The molecule has 0 aliphatic rings. The molecule has 0 fully saturated rings. The minimum atomic E-state index is -0.547. The number of nitrogens with one attached hydrogen (secondary N) is 1. The first-order chi connectivity index (χ1) is 21.3. The Morgan fingerprint density at radius 2 is 1.56 bits per heavy atom. The summed E-state index contributed by atoms with van der Waals surface area (Å²) in [7, 11) is 0. The van der Waals surface area contributed by atoms with Crippen molar-refractivity contribution < 1.29 is 18.8 Å². The molecule has 0 saturated carbocycles. The monoisotopic (exact) mass is 606 g/mol. The van der Waals surface area contributed by atoms with Gasteiger partial charge in [-0.05, 0) is 89.2 Å². The number of fused-ring (bicyclic) bond motifs is 1. The lowest BCUT2D eigenvalue weighted by Crippen LogP contribution is -2.31. The third-order valence-electron chi connectivity index (χ3n) is 7.51. The zero-order valence-electron chi connectivity index (χ0n) is 27.2. The molecule has 5 rings (SSSR count). The van der Waals surface area contributed by atoms with Crippen LogP contribution in [0.4, 0.5) is 0 Å². The third kappa shape index (κ3) is 8.69. The molecule has 2 heterocycles. The van der Waals surface area contributed by atoms with Gasteiger partial charge in [0, 0.05) is 18.0 Å². The van der Waals surface area contributed by atoms with Gasteiger partial charge in [0.1, 0.15) is 29.0 Å². The molecule has 5 aromatic rings. The van der Waals surface area contributed by atoms with Crippen LogP contribution in [0.3, 0.4) is 0 Å². The Morgan fingerprint density at radius 1 is 0.867 bits per heavy atom. The van der Waals surface area contributed by atoms with Crippen LogP contribution in [0.25, 0.3) is 10.8 Å². The van der Waals surface area contributed by atoms with Gasteiger partial charge in [0.2, 0.25) is 5.89 Å². The maximum absolute atomic E-state index is 13.5. The van der Waals surface area contributed by atoms with E-state index in [9.17, 15) is 4.79 Å². The van der Waals surface area contributed by atoms with Gasteiger partial charge in [-0.2, -0.15) is 4.98 Å². The summed E-state index contributed by atoms with van der Waals surface area (Å²) in [5, 5.41) is 8.73. The van der Waals surface area contributed by atoms with Crippen LogP contribution in [-0.2, 0) is 11.8 Å². The summed E-state index contributed by atoms with van der Waals surface area (Å²) in [6, 6.07) is 22.9. The lowest BCUT2D eigenvalue weighted by Gasteiger charge is -2.19. The van der Waals surface area contributed by atoms with Gasteiger partial charge >= 0.3 is 0 Å². The van der Waals surface area contributed by atoms with E-state index in [2.05, 4.69) is 74.1 Å². The molecule has 0 radical (unpaired) electrons. The average molecular weight is 607 g/mol. The summed E-state index contributed by atoms with van der Waals surface area (Å²) in [6.07, 6.45) is 3.10. The maximum Gasteiger partial charge on any atom is 0.270 e. The second kappa shape index (κ2) is 13.1. The predicted octanol–water partition coefficient (Wildman–Crippen LogP) is 8.54.